The third-order valence-electron chi connectivity index (χ3n) is 4.59. The van der Waals surface area contributed by atoms with E-state index in [1.807, 2.05) is 19.9 Å². The zero-order chi connectivity index (χ0) is 20.3. The molecule has 9 nitrogen and oxygen atoms in total. The number of nitro groups is 1. The van der Waals surface area contributed by atoms with Crippen molar-refractivity contribution < 1.29 is 19.6 Å². The number of carboxylic acid groups (broad SMARTS) is 1. The molecule has 2 aromatic rings. The minimum atomic E-state index is -1.16. The Morgan fingerprint density at radius 1 is 1.30 bits per heavy atom. The van der Waals surface area contributed by atoms with E-state index in [2.05, 4.69) is 10.4 Å². The number of carbonyl (C=O) groups is 2. The number of hydrogen-bond donors (Lipinski definition) is 2. The van der Waals surface area contributed by atoms with Crippen LogP contribution in [0.1, 0.15) is 40.5 Å². The van der Waals surface area contributed by atoms with Gasteiger partial charge in [0.2, 0.25) is 5.91 Å². The van der Waals surface area contributed by atoms with E-state index in [0.29, 0.717) is 11.3 Å². The molecule has 1 amide bonds. The predicted molar refractivity (Wildman–Crippen MR) is 97.4 cm³/mol. The largest absolute Gasteiger partial charge is 0.479 e. The zero-order valence-corrected chi connectivity index (χ0v) is 15.6. The number of nitrogens with zero attached hydrogens (tertiary/aromatic N) is 3. The van der Waals surface area contributed by atoms with Gasteiger partial charge in [0.15, 0.2) is 6.04 Å². The van der Waals surface area contributed by atoms with Crippen molar-refractivity contribution >= 4 is 17.6 Å². The van der Waals surface area contributed by atoms with Crippen LogP contribution >= 0.6 is 0 Å². The molecule has 0 radical (unpaired) electrons. The molecule has 2 rings (SSSR count). The lowest BCUT2D eigenvalue weighted by molar-refractivity contribution is -0.386. The number of nitrogens with one attached hydrogen (secondary N) is 1. The van der Waals surface area contributed by atoms with E-state index < -0.39 is 22.8 Å². The number of rotatable bonds is 7. The average molecular weight is 374 g/mol. The molecule has 1 atom stereocenters. The molecule has 0 aliphatic carbocycles. The molecule has 1 unspecified atom stereocenters. The van der Waals surface area contributed by atoms with E-state index in [1.54, 1.807) is 19.1 Å². The molecule has 0 bridgehead atoms. The normalized spacial score (nSPS) is 11.9. The van der Waals surface area contributed by atoms with Crippen LogP contribution in [0.3, 0.4) is 0 Å². The number of aromatic nitrogens is 2. The predicted octanol–water partition coefficient (Wildman–Crippen LogP) is 2.36. The summed E-state index contributed by atoms with van der Waals surface area (Å²) in [7, 11) is 0. The van der Waals surface area contributed by atoms with Crippen molar-refractivity contribution in [3.05, 3.63) is 56.4 Å². The fraction of sp³-hybridized carbons (Fsp3) is 0.389. The summed E-state index contributed by atoms with van der Waals surface area (Å²) in [5.74, 6) is -1.63. The first-order valence-corrected chi connectivity index (χ1v) is 8.40. The van der Waals surface area contributed by atoms with E-state index in [4.69, 9.17) is 0 Å². The maximum atomic E-state index is 12.3. The standard InChI is InChI=1S/C18H22N4O5/c1-10-6-5-7-14(11(10)2)16(18(24)25)19-15(23)8-9-21-13(4)17(22(26)27)12(3)20-21/h5-7,16H,8-9H2,1-4H3,(H,19,23)(H,24,25). The highest BCUT2D eigenvalue weighted by molar-refractivity contribution is 5.84. The summed E-state index contributed by atoms with van der Waals surface area (Å²) in [6.07, 6.45) is -0.0479. The smallest absolute Gasteiger partial charge is 0.330 e. The summed E-state index contributed by atoms with van der Waals surface area (Å²) < 4.78 is 1.39. The van der Waals surface area contributed by atoms with E-state index in [-0.39, 0.29) is 24.3 Å². The fourth-order valence-corrected chi connectivity index (χ4v) is 2.97. The lowest BCUT2D eigenvalue weighted by Gasteiger charge is -2.18. The molecule has 0 saturated heterocycles. The molecule has 0 fully saturated rings. The van der Waals surface area contributed by atoms with Gasteiger partial charge in [-0.1, -0.05) is 18.2 Å². The summed E-state index contributed by atoms with van der Waals surface area (Å²) in [5.41, 5.74) is 2.82. The molecule has 0 saturated carbocycles. The molecule has 1 aromatic heterocycles. The Labute approximate surface area is 156 Å². The summed E-state index contributed by atoms with van der Waals surface area (Å²) in [6.45, 7) is 6.89. The van der Waals surface area contributed by atoms with Gasteiger partial charge >= 0.3 is 11.7 Å². The number of amides is 1. The molecule has 144 valence electrons. The van der Waals surface area contributed by atoms with Crippen molar-refractivity contribution in [1.82, 2.24) is 15.1 Å². The van der Waals surface area contributed by atoms with Crippen LogP contribution in [0.25, 0.3) is 0 Å². The monoisotopic (exact) mass is 374 g/mol. The molecule has 1 heterocycles. The zero-order valence-electron chi connectivity index (χ0n) is 15.6. The number of carboxylic acids is 1. The van der Waals surface area contributed by atoms with E-state index in [1.165, 1.54) is 11.6 Å². The van der Waals surface area contributed by atoms with Gasteiger partial charge in [0.1, 0.15) is 11.4 Å². The van der Waals surface area contributed by atoms with Crippen LogP contribution in [0.4, 0.5) is 5.69 Å². The van der Waals surface area contributed by atoms with Crippen LogP contribution in [0.2, 0.25) is 0 Å². The second kappa shape index (κ2) is 7.98. The first-order valence-electron chi connectivity index (χ1n) is 8.40. The second-order valence-corrected chi connectivity index (χ2v) is 6.38. The Balaban J connectivity index is 2.12. The van der Waals surface area contributed by atoms with Crippen molar-refractivity contribution in [2.75, 3.05) is 0 Å². The Hall–Kier alpha value is -3.23. The van der Waals surface area contributed by atoms with Gasteiger partial charge in [-0.3, -0.25) is 19.6 Å². The fourth-order valence-electron chi connectivity index (χ4n) is 2.97. The van der Waals surface area contributed by atoms with Crippen LogP contribution in [-0.4, -0.2) is 31.7 Å². The average Bonchev–Trinajstić information content (AvgIpc) is 2.87. The van der Waals surface area contributed by atoms with Crippen molar-refractivity contribution in [3.63, 3.8) is 0 Å². The minimum absolute atomic E-state index is 0.0479. The van der Waals surface area contributed by atoms with Gasteiger partial charge in [-0.15, -0.1) is 0 Å². The highest BCUT2D eigenvalue weighted by atomic mass is 16.6. The Morgan fingerprint density at radius 2 is 1.96 bits per heavy atom. The quantitative estimate of drug-likeness (QED) is 0.566. The third kappa shape index (κ3) is 4.30. The number of aryl methyl sites for hydroxylation is 3. The van der Waals surface area contributed by atoms with Crippen LogP contribution in [0.15, 0.2) is 18.2 Å². The Bertz CT molecular complexity index is 903. The number of hydrogen-bond acceptors (Lipinski definition) is 5. The Kier molecular flexibility index (Phi) is 5.94. The van der Waals surface area contributed by atoms with Crippen LogP contribution in [0, 0.1) is 37.8 Å². The van der Waals surface area contributed by atoms with Gasteiger partial charge in [-0.05, 0) is 44.4 Å². The van der Waals surface area contributed by atoms with Gasteiger partial charge in [-0.2, -0.15) is 5.10 Å². The molecule has 1 aromatic carbocycles. The molecule has 27 heavy (non-hydrogen) atoms. The molecule has 0 aliphatic heterocycles. The van der Waals surface area contributed by atoms with Crippen LogP contribution in [-0.2, 0) is 16.1 Å². The summed E-state index contributed by atoms with van der Waals surface area (Å²) in [6, 6.07) is 4.13. The third-order valence-corrected chi connectivity index (χ3v) is 4.59. The molecule has 9 heteroatoms. The van der Waals surface area contributed by atoms with Crippen molar-refractivity contribution in [2.24, 2.45) is 0 Å². The van der Waals surface area contributed by atoms with Crippen molar-refractivity contribution in [2.45, 2.75) is 46.7 Å². The molecule has 2 N–H and O–H groups in total. The number of carbonyl (C=O) groups excluding carboxylic acids is 1. The number of benzene rings is 1. The second-order valence-electron chi connectivity index (χ2n) is 6.38. The maximum Gasteiger partial charge on any atom is 0.330 e. The van der Waals surface area contributed by atoms with E-state index in [0.717, 1.165) is 11.1 Å². The topological polar surface area (TPSA) is 127 Å². The Morgan fingerprint density at radius 3 is 2.52 bits per heavy atom. The van der Waals surface area contributed by atoms with Gasteiger partial charge in [0.25, 0.3) is 0 Å². The summed E-state index contributed by atoms with van der Waals surface area (Å²) >= 11 is 0. The molecule has 0 aliphatic rings. The minimum Gasteiger partial charge on any atom is -0.479 e. The van der Waals surface area contributed by atoms with E-state index >= 15 is 0 Å². The highest BCUT2D eigenvalue weighted by Gasteiger charge is 2.25. The van der Waals surface area contributed by atoms with Crippen LogP contribution in [0.5, 0.6) is 0 Å². The van der Waals surface area contributed by atoms with Crippen LogP contribution < -0.4 is 5.32 Å². The van der Waals surface area contributed by atoms with Gasteiger partial charge < -0.3 is 10.4 Å². The SMILES string of the molecule is Cc1cccc(C(NC(=O)CCn2nc(C)c([N+](=O)[O-])c2C)C(=O)O)c1C. The summed E-state index contributed by atoms with van der Waals surface area (Å²) in [5, 5.41) is 27.2. The molecular weight excluding hydrogens is 352 g/mol. The molecular formula is C18H22N4O5. The summed E-state index contributed by atoms with van der Waals surface area (Å²) in [4.78, 5) is 34.5. The maximum absolute atomic E-state index is 12.3. The lowest BCUT2D eigenvalue weighted by Crippen LogP contribution is -2.34. The van der Waals surface area contributed by atoms with Crippen molar-refractivity contribution in [3.8, 4) is 0 Å². The first-order chi connectivity index (χ1) is 12.6. The lowest BCUT2D eigenvalue weighted by atomic mass is 9.97. The van der Waals surface area contributed by atoms with Gasteiger partial charge in [-0.25, -0.2) is 4.79 Å². The number of aliphatic carboxylic acids is 1. The molecule has 0 spiro atoms. The van der Waals surface area contributed by atoms with Gasteiger partial charge in [0, 0.05) is 6.42 Å². The van der Waals surface area contributed by atoms with E-state index in [9.17, 15) is 24.8 Å². The highest BCUT2D eigenvalue weighted by Crippen LogP contribution is 2.23. The first kappa shape index (κ1) is 20.1. The van der Waals surface area contributed by atoms with Crippen molar-refractivity contribution in [1.29, 1.82) is 0 Å². The van der Waals surface area contributed by atoms with Gasteiger partial charge in [0.05, 0.1) is 11.5 Å².